The van der Waals surface area contributed by atoms with E-state index in [4.69, 9.17) is 9.84 Å². The molecular weight excluding hydrogens is 290 g/mol. The van der Waals surface area contributed by atoms with Gasteiger partial charge >= 0.3 is 5.97 Å². The van der Waals surface area contributed by atoms with E-state index in [1.807, 2.05) is 12.1 Å². The van der Waals surface area contributed by atoms with Gasteiger partial charge in [-0.15, -0.1) is 0 Å². The van der Waals surface area contributed by atoms with Gasteiger partial charge in [-0.3, -0.25) is 4.90 Å². The molecule has 1 aliphatic heterocycles. The Morgan fingerprint density at radius 3 is 2.00 bits per heavy atom. The number of carbonyl (C=O) groups is 1. The molecule has 3 rings (SSSR count). The standard InChI is InChI=1S/C19H21NO3/c21-19(22)18-7-5-16(6-8-18)13-15-1-3-17(4-2-15)14-20-9-11-23-12-10-20/h1-8H,9-14H2,(H,21,22). The predicted molar refractivity (Wildman–Crippen MR) is 88.7 cm³/mol. The summed E-state index contributed by atoms with van der Waals surface area (Å²) in [5.41, 5.74) is 4.00. The van der Waals surface area contributed by atoms with Crippen LogP contribution in [0, 0.1) is 0 Å². The molecule has 0 radical (unpaired) electrons. The molecule has 120 valence electrons. The fourth-order valence-electron chi connectivity index (χ4n) is 2.78. The van der Waals surface area contributed by atoms with Crippen LogP contribution in [0.2, 0.25) is 0 Å². The van der Waals surface area contributed by atoms with Crippen molar-refractivity contribution < 1.29 is 14.6 Å². The Morgan fingerprint density at radius 2 is 1.43 bits per heavy atom. The van der Waals surface area contributed by atoms with Gasteiger partial charge < -0.3 is 9.84 Å². The molecule has 1 N–H and O–H groups in total. The van der Waals surface area contributed by atoms with Crippen LogP contribution in [0.5, 0.6) is 0 Å². The van der Waals surface area contributed by atoms with Crippen molar-refractivity contribution in [3.8, 4) is 0 Å². The van der Waals surface area contributed by atoms with Crippen molar-refractivity contribution in [1.82, 2.24) is 4.90 Å². The molecule has 1 saturated heterocycles. The smallest absolute Gasteiger partial charge is 0.335 e. The first-order valence-electron chi connectivity index (χ1n) is 7.91. The molecule has 1 aliphatic rings. The second kappa shape index (κ2) is 7.40. The highest BCUT2D eigenvalue weighted by atomic mass is 16.5. The topological polar surface area (TPSA) is 49.8 Å². The summed E-state index contributed by atoms with van der Waals surface area (Å²) in [7, 11) is 0. The number of morpholine rings is 1. The number of carboxylic acid groups (broad SMARTS) is 1. The molecule has 23 heavy (non-hydrogen) atoms. The fraction of sp³-hybridized carbons (Fsp3) is 0.316. The average molecular weight is 311 g/mol. The lowest BCUT2D eigenvalue weighted by Gasteiger charge is -2.26. The van der Waals surface area contributed by atoms with E-state index < -0.39 is 5.97 Å². The fourth-order valence-corrected chi connectivity index (χ4v) is 2.78. The molecule has 2 aromatic rings. The number of benzene rings is 2. The second-order valence-corrected chi connectivity index (χ2v) is 5.88. The molecular formula is C19H21NO3. The SMILES string of the molecule is O=C(O)c1ccc(Cc2ccc(CN3CCOCC3)cc2)cc1. The number of hydrogen-bond donors (Lipinski definition) is 1. The van der Waals surface area contributed by atoms with Crippen LogP contribution in [0.3, 0.4) is 0 Å². The Kier molecular flexibility index (Phi) is 5.05. The van der Waals surface area contributed by atoms with Crippen molar-refractivity contribution in [1.29, 1.82) is 0 Å². The zero-order valence-corrected chi connectivity index (χ0v) is 13.1. The molecule has 0 bridgehead atoms. The van der Waals surface area contributed by atoms with Gasteiger partial charge in [0, 0.05) is 19.6 Å². The van der Waals surface area contributed by atoms with E-state index in [0.717, 1.165) is 44.8 Å². The van der Waals surface area contributed by atoms with Gasteiger partial charge in [0.05, 0.1) is 18.8 Å². The number of carboxylic acids is 1. The third-order valence-electron chi connectivity index (χ3n) is 4.14. The minimum Gasteiger partial charge on any atom is -0.478 e. The van der Waals surface area contributed by atoms with E-state index in [0.29, 0.717) is 5.56 Å². The summed E-state index contributed by atoms with van der Waals surface area (Å²) >= 11 is 0. The zero-order valence-electron chi connectivity index (χ0n) is 13.1. The maximum atomic E-state index is 10.9. The predicted octanol–water partition coefficient (Wildman–Crippen LogP) is 2.81. The van der Waals surface area contributed by atoms with Gasteiger partial charge in [0.25, 0.3) is 0 Å². The third-order valence-corrected chi connectivity index (χ3v) is 4.14. The number of aromatic carboxylic acids is 1. The van der Waals surface area contributed by atoms with Crippen molar-refractivity contribution in [3.05, 3.63) is 70.8 Å². The number of ether oxygens (including phenoxy) is 1. The normalized spacial score (nSPS) is 15.5. The first-order chi connectivity index (χ1) is 11.2. The van der Waals surface area contributed by atoms with Crippen LogP contribution in [0.15, 0.2) is 48.5 Å². The lowest BCUT2D eigenvalue weighted by molar-refractivity contribution is 0.0342. The van der Waals surface area contributed by atoms with Crippen LogP contribution >= 0.6 is 0 Å². The van der Waals surface area contributed by atoms with E-state index in [2.05, 4.69) is 29.2 Å². The summed E-state index contributed by atoms with van der Waals surface area (Å²) in [4.78, 5) is 13.3. The van der Waals surface area contributed by atoms with Gasteiger partial charge in [-0.25, -0.2) is 4.79 Å². The lowest BCUT2D eigenvalue weighted by atomic mass is 10.0. The second-order valence-electron chi connectivity index (χ2n) is 5.88. The Balaban J connectivity index is 1.59. The van der Waals surface area contributed by atoms with Crippen molar-refractivity contribution in [2.75, 3.05) is 26.3 Å². The molecule has 4 heteroatoms. The molecule has 0 atom stereocenters. The lowest BCUT2D eigenvalue weighted by Crippen LogP contribution is -2.35. The van der Waals surface area contributed by atoms with Crippen LogP contribution in [0.25, 0.3) is 0 Å². The van der Waals surface area contributed by atoms with Gasteiger partial charge in [-0.05, 0) is 35.2 Å². The van der Waals surface area contributed by atoms with Crippen LogP contribution in [-0.4, -0.2) is 42.3 Å². The molecule has 4 nitrogen and oxygen atoms in total. The average Bonchev–Trinajstić information content (AvgIpc) is 2.58. The van der Waals surface area contributed by atoms with E-state index >= 15 is 0 Å². The maximum Gasteiger partial charge on any atom is 0.335 e. The minimum atomic E-state index is -0.885. The van der Waals surface area contributed by atoms with Gasteiger partial charge in [0.2, 0.25) is 0 Å². The van der Waals surface area contributed by atoms with E-state index in [1.54, 1.807) is 12.1 Å². The van der Waals surface area contributed by atoms with Gasteiger partial charge in [-0.2, -0.15) is 0 Å². The van der Waals surface area contributed by atoms with Gasteiger partial charge in [0.15, 0.2) is 0 Å². The molecule has 0 aliphatic carbocycles. The zero-order chi connectivity index (χ0) is 16.1. The van der Waals surface area contributed by atoms with E-state index in [9.17, 15) is 4.79 Å². The highest BCUT2D eigenvalue weighted by Gasteiger charge is 2.10. The van der Waals surface area contributed by atoms with Gasteiger partial charge in [-0.1, -0.05) is 36.4 Å². The Bertz CT molecular complexity index is 643. The molecule has 0 amide bonds. The summed E-state index contributed by atoms with van der Waals surface area (Å²) in [6, 6.07) is 15.7. The summed E-state index contributed by atoms with van der Waals surface area (Å²) in [5, 5.41) is 8.92. The minimum absolute atomic E-state index is 0.328. The largest absolute Gasteiger partial charge is 0.478 e. The third kappa shape index (κ3) is 4.41. The Labute approximate surface area is 136 Å². The molecule has 0 spiro atoms. The summed E-state index contributed by atoms with van der Waals surface area (Å²) in [6.07, 6.45) is 0.817. The molecule has 2 aromatic carbocycles. The number of nitrogens with zero attached hydrogens (tertiary/aromatic N) is 1. The molecule has 1 heterocycles. The van der Waals surface area contributed by atoms with E-state index in [1.165, 1.54) is 11.1 Å². The highest BCUT2D eigenvalue weighted by molar-refractivity contribution is 5.87. The monoisotopic (exact) mass is 311 g/mol. The van der Waals surface area contributed by atoms with Crippen molar-refractivity contribution in [2.24, 2.45) is 0 Å². The van der Waals surface area contributed by atoms with Crippen LogP contribution in [-0.2, 0) is 17.7 Å². The molecule has 0 saturated carbocycles. The van der Waals surface area contributed by atoms with Crippen LogP contribution in [0.1, 0.15) is 27.0 Å². The van der Waals surface area contributed by atoms with Gasteiger partial charge in [0.1, 0.15) is 0 Å². The summed E-state index contributed by atoms with van der Waals surface area (Å²) < 4.78 is 5.37. The summed E-state index contributed by atoms with van der Waals surface area (Å²) in [5.74, 6) is -0.885. The molecule has 0 unspecified atom stereocenters. The van der Waals surface area contributed by atoms with E-state index in [-0.39, 0.29) is 0 Å². The summed E-state index contributed by atoms with van der Waals surface area (Å²) in [6.45, 7) is 4.61. The van der Waals surface area contributed by atoms with Crippen LogP contribution in [0.4, 0.5) is 0 Å². The number of rotatable bonds is 5. The van der Waals surface area contributed by atoms with Crippen molar-refractivity contribution in [2.45, 2.75) is 13.0 Å². The molecule has 0 aromatic heterocycles. The first-order valence-corrected chi connectivity index (χ1v) is 7.91. The quantitative estimate of drug-likeness (QED) is 0.922. The van der Waals surface area contributed by atoms with Crippen molar-refractivity contribution in [3.63, 3.8) is 0 Å². The maximum absolute atomic E-state index is 10.9. The Morgan fingerprint density at radius 1 is 0.913 bits per heavy atom. The van der Waals surface area contributed by atoms with Crippen molar-refractivity contribution >= 4 is 5.97 Å². The van der Waals surface area contributed by atoms with Crippen LogP contribution < -0.4 is 0 Å². The Hall–Kier alpha value is -2.17. The first kappa shape index (κ1) is 15.7. The highest BCUT2D eigenvalue weighted by Crippen LogP contribution is 2.14. The molecule has 1 fully saturated rings. The number of hydrogen-bond acceptors (Lipinski definition) is 3.